The van der Waals surface area contributed by atoms with Crippen LogP contribution in [-0.2, 0) is 5.41 Å². The van der Waals surface area contributed by atoms with Gasteiger partial charge in [-0.1, -0.05) is 92.7 Å². The van der Waals surface area contributed by atoms with Crippen LogP contribution >= 0.6 is 11.3 Å². The summed E-state index contributed by atoms with van der Waals surface area (Å²) < 4.78 is 4.96. The summed E-state index contributed by atoms with van der Waals surface area (Å²) >= 11 is 1.89. The van der Waals surface area contributed by atoms with E-state index in [1.165, 1.54) is 64.3 Å². The van der Waals surface area contributed by atoms with Crippen molar-refractivity contribution >= 4 is 64.6 Å². The molecule has 204 valence electrons. The van der Waals surface area contributed by atoms with Crippen LogP contribution in [-0.4, -0.2) is 4.57 Å². The van der Waals surface area contributed by atoms with Crippen LogP contribution in [0.3, 0.4) is 0 Å². The van der Waals surface area contributed by atoms with Crippen LogP contribution < -0.4 is 0 Å². The van der Waals surface area contributed by atoms with Crippen molar-refractivity contribution in [1.82, 2.24) is 4.57 Å². The van der Waals surface area contributed by atoms with Crippen molar-refractivity contribution in [3.63, 3.8) is 0 Å². The maximum atomic E-state index is 10.4. The van der Waals surface area contributed by atoms with Crippen molar-refractivity contribution in [2.45, 2.75) is 32.1 Å². The summed E-state index contributed by atoms with van der Waals surface area (Å²) in [6.45, 7) is 4.70. The molecular formula is C40H28N2S. The molecule has 5 aromatic carbocycles. The van der Waals surface area contributed by atoms with Gasteiger partial charge in [0, 0.05) is 36.4 Å². The summed E-state index contributed by atoms with van der Waals surface area (Å²) in [6.07, 6.45) is 3.88. The average molecular weight is 569 g/mol. The van der Waals surface area contributed by atoms with Crippen LogP contribution in [0.4, 0.5) is 0 Å². The highest BCUT2D eigenvalue weighted by atomic mass is 32.1. The Labute approximate surface area is 254 Å². The summed E-state index contributed by atoms with van der Waals surface area (Å²) in [7, 11) is 0. The van der Waals surface area contributed by atoms with Gasteiger partial charge in [0.25, 0.3) is 0 Å². The van der Waals surface area contributed by atoms with Crippen LogP contribution in [0.15, 0.2) is 115 Å². The molecule has 0 bridgehead atoms. The molecule has 2 nitrogen and oxygen atoms in total. The van der Waals surface area contributed by atoms with Crippen LogP contribution in [0.2, 0.25) is 0 Å². The first kappa shape index (κ1) is 24.7. The van der Waals surface area contributed by atoms with Crippen LogP contribution in [0.5, 0.6) is 0 Å². The third kappa shape index (κ3) is 3.33. The van der Waals surface area contributed by atoms with E-state index in [1.54, 1.807) is 0 Å². The fraction of sp³-hybridized carbons (Fsp3) is 0.125. The highest BCUT2D eigenvalue weighted by Crippen LogP contribution is 2.51. The number of rotatable bonds is 2. The van der Waals surface area contributed by atoms with E-state index in [0.717, 1.165) is 35.1 Å². The Morgan fingerprint density at radius 2 is 1.40 bits per heavy atom. The van der Waals surface area contributed by atoms with Gasteiger partial charge in [-0.25, -0.2) is 0 Å². The Bertz CT molecular complexity index is 2380. The quantitative estimate of drug-likeness (QED) is 0.204. The van der Waals surface area contributed by atoms with Gasteiger partial charge >= 0.3 is 0 Å². The zero-order valence-corrected chi connectivity index (χ0v) is 24.9. The zero-order chi connectivity index (χ0) is 28.9. The number of fused-ring (bicyclic) bond motifs is 9. The minimum Gasteiger partial charge on any atom is -0.308 e. The van der Waals surface area contributed by atoms with Gasteiger partial charge in [0.15, 0.2) is 0 Å². The number of hydrogen-bond acceptors (Lipinski definition) is 2. The van der Waals surface area contributed by atoms with E-state index in [2.05, 4.69) is 134 Å². The molecule has 0 spiro atoms. The minimum atomic E-state index is -0.00833. The molecule has 0 unspecified atom stereocenters. The lowest BCUT2D eigenvalue weighted by Gasteiger charge is -2.22. The maximum Gasteiger partial charge on any atom is 0.101 e. The molecule has 0 N–H and O–H groups in total. The van der Waals surface area contributed by atoms with Gasteiger partial charge in [0.1, 0.15) is 6.07 Å². The Morgan fingerprint density at radius 1 is 0.698 bits per heavy atom. The Balaban J connectivity index is 1.29. The van der Waals surface area contributed by atoms with Crippen molar-refractivity contribution in [2.75, 3.05) is 0 Å². The summed E-state index contributed by atoms with van der Waals surface area (Å²) in [5.41, 5.74) is 12.0. The van der Waals surface area contributed by atoms with E-state index in [1.807, 2.05) is 11.3 Å². The Hall–Kier alpha value is -4.91. The molecule has 2 aromatic heterocycles. The van der Waals surface area contributed by atoms with Crippen molar-refractivity contribution in [3.8, 4) is 17.2 Å². The third-order valence-corrected chi connectivity index (χ3v) is 10.8. The van der Waals surface area contributed by atoms with E-state index in [9.17, 15) is 5.26 Å². The molecule has 7 aromatic rings. The lowest BCUT2D eigenvalue weighted by atomic mass is 9.82. The maximum absolute atomic E-state index is 10.4. The molecule has 0 fully saturated rings. The first-order valence-corrected chi connectivity index (χ1v) is 15.8. The molecule has 9 rings (SSSR count). The number of hydrogen-bond donors (Lipinski definition) is 0. The molecule has 0 saturated heterocycles. The summed E-state index contributed by atoms with van der Waals surface area (Å²) in [5, 5.41) is 15.4. The molecule has 0 saturated carbocycles. The van der Waals surface area contributed by atoms with Crippen molar-refractivity contribution in [3.05, 3.63) is 131 Å². The molecule has 0 radical (unpaired) electrons. The first-order valence-electron chi connectivity index (χ1n) is 15.0. The van der Waals surface area contributed by atoms with Gasteiger partial charge in [-0.2, -0.15) is 5.26 Å². The number of benzene rings is 5. The topological polar surface area (TPSA) is 28.7 Å². The Kier molecular flexibility index (Phi) is 5.05. The van der Waals surface area contributed by atoms with Gasteiger partial charge < -0.3 is 4.57 Å². The van der Waals surface area contributed by atoms with Gasteiger partial charge in [0.2, 0.25) is 0 Å². The van der Waals surface area contributed by atoms with E-state index < -0.39 is 0 Å². The number of allylic oxidation sites excluding steroid dienone is 4. The van der Waals surface area contributed by atoms with E-state index in [-0.39, 0.29) is 5.41 Å². The molecule has 2 heterocycles. The highest BCUT2D eigenvalue weighted by molar-refractivity contribution is 7.25. The number of thiophene rings is 1. The molecule has 2 aliphatic rings. The van der Waals surface area contributed by atoms with Crippen molar-refractivity contribution in [2.24, 2.45) is 0 Å². The van der Waals surface area contributed by atoms with Gasteiger partial charge in [-0.15, -0.1) is 11.3 Å². The number of nitrogens with zero attached hydrogens (tertiary/aromatic N) is 2. The first-order chi connectivity index (χ1) is 21.0. The SMILES string of the molecule is CC1(C)c2ccccc2-c2cc3c(cc21)sc1cc(C2=C(n4c5ccccc5c5ccccc54)C(C#N)=CCC2)ccc13. The van der Waals surface area contributed by atoms with E-state index in [0.29, 0.717) is 0 Å². The standard InChI is InChI=1S/C40H28N2S/c1-40(2)33-15-6-3-11-27(33)31-21-32-30-19-18-24(20-37(30)43-38(32)22-34(31)40)26-14-9-10-25(23-41)39(26)42-35-16-7-4-12-28(35)29-13-5-8-17-36(29)42/h3-8,10-13,15-22H,9,14H2,1-2H3. The lowest BCUT2D eigenvalue weighted by molar-refractivity contribution is 0.661. The molecular weight excluding hydrogens is 541 g/mol. The largest absolute Gasteiger partial charge is 0.308 e. The Morgan fingerprint density at radius 3 is 2.16 bits per heavy atom. The van der Waals surface area contributed by atoms with Gasteiger partial charge in [-0.05, 0) is 76.6 Å². The van der Waals surface area contributed by atoms with E-state index in [4.69, 9.17) is 0 Å². The molecule has 2 aliphatic carbocycles. The highest BCUT2D eigenvalue weighted by Gasteiger charge is 2.35. The van der Waals surface area contributed by atoms with Gasteiger partial charge in [0.05, 0.1) is 22.3 Å². The molecule has 43 heavy (non-hydrogen) atoms. The zero-order valence-electron chi connectivity index (χ0n) is 24.1. The summed E-state index contributed by atoms with van der Waals surface area (Å²) in [5.74, 6) is 0. The predicted octanol–water partition coefficient (Wildman–Crippen LogP) is 11.1. The second kappa shape index (κ2) is 8.80. The summed E-state index contributed by atoms with van der Waals surface area (Å²) in [6, 6.07) is 40.4. The summed E-state index contributed by atoms with van der Waals surface area (Å²) in [4.78, 5) is 0. The molecule has 0 amide bonds. The van der Waals surface area contributed by atoms with Crippen LogP contribution in [0.1, 0.15) is 43.4 Å². The van der Waals surface area contributed by atoms with E-state index >= 15 is 0 Å². The molecule has 0 aliphatic heterocycles. The predicted molar refractivity (Wildman–Crippen MR) is 182 cm³/mol. The number of para-hydroxylation sites is 2. The van der Waals surface area contributed by atoms with Crippen molar-refractivity contribution in [1.29, 1.82) is 5.26 Å². The second-order valence-corrected chi connectivity index (χ2v) is 13.4. The number of nitriles is 1. The monoisotopic (exact) mass is 568 g/mol. The molecule has 0 atom stereocenters. The average Bonchev–Trinajstić information content (AvgIpc) is 3.65. The minimum absolute atomic E-state index is 0.00833. The number of aromatic nitrogens is 1. The van der Waals surface area contributed by atoms with Crippen LogP contribution in [0.25, 0.3) is 64.4 Å². The second-order valence-electron chi connectivity index (χ2n) is 12.3. The molecule has 3 heteroatoms. The third-order valence-electron chi connectivity index (χ3n) is 9.73. The fourth-order valence-electron chi connectivity index (χ4n) is 7.70. The van der Waals surface area contributed by atoms with Crippen LogP contribution in [0, 0.1) is 11.3 Å². The van der Waals surface area contributed by atoms with Crippen molar-refractivity contribution < 1.29 is 0 Å². The van der Waals surface area contributed by atoms with Gasteiger partial charge in [-0.3, -0.25) is 0 Å². The fourth-order valence-corrected chi connectivity index (χ4v) is 8.86. The normalized spacial score (nSPS) is 15.7. The smallest absolute Gasteiger partial charge is 0.101 e. The lowest BCUT2D eigenvalue weighted by Crippen LogP contribution is -2.14.